The second kappa shape index (κ2) is 8.74. The van der Waals surface area contributed by atoms with Gasteiger partial charge in [0.1, 0.15) is 6.61 Å². The minimum atomic E-state index is -1.33. The molecule has 0 rings (SSSR count). The number of aliphatic hydroxyl groups excluding tert-OH is 2. The SMILES string of the molecule is CC(CO)OC(O)COC(=O)NCCC(=O)O. The first kappa shape index (κ1) is 15.6. The van der Waals surface area contributed by atoms with Gasteiger partial charge in [-0.15, -0.1) is 0 Å². The quantitative estimate of drug-likeness (QED) is 0.403. The van der Waals surface area contributed by atoms with Gasteiger partial charge in [0.05, 0.1) is 19.1 Å². The number of alkyl carbamates (subject to hydrolysis) is 1. The van der Waals surface area contributed by atoms with Gasteiger partial charge < -0.3 is 30.1 Å². The number of hydrogen-bond donors (Lipinski definition) is 4. The lowest BCUT2D eigenvalue weighted by Gasteiger charge is -2.16. The number of nitrogens with one attached hydrogen (secondary N) is 1. The summed E-state index contributed by atoms with van der Waals surface area (Å²) in [5.41, 5.74) is 0. The number of rotatable bonds is 8. The minimum Gasteiger partial charge on any atom is -0.481 e. The molecule has 0 bridgehead atoms. The third-order valence-corrected chi connectivity index (χ3v) is 1.61. The zero-order valence-corrected chi connectivity index (χ0v) is 9.46. The lowest BCUT2D eigenvalue weighted by atomic mass is 10.4. The van der Waals surface area contributed by atoms with E-state index in [9.17, 15) is 14.7 Å². The van der Waals surface area contributed by atoms with Gasteiger partial charge in [-0.1, -0.05) is 0 Å². The highest BCUT2D eigenvalue weighted by Crippen LogP contribution is 1.96. The molecular weight excluding hydrogens is 234 g/mol. The monoisotopic (exact) mass is 251 g/mol. The van der Waals surface area contributed by atoms with Gasteiger partial charge in [-0.3, -0.25) is 4.79 Å². The Morgan fingerprint density at radius 3 is 2.59 bits per heavy atom. The first-order valence-corrected chi connectivity index (χ1v) is 5.02. The summed E-state index contributed by atoms with van der Waals surface area (Å²) < 4.78 is 9.33. The van der Waals surface area contributed by atoms with Crippen LogP contribution in [0.3, 0.4) is 0 Å². The number of aliphatic carboxylic acids is 1. The predicted octanol–water partition coefficient (Wildman–Crippen LogP) is -1.10. The van der Waals surface area contributed by atoms with Crippen molar-refractivity contribution in [2.75, 3.05) is 19.8 Å². The van der Waals surface area contributed by atoms with Crippen LogP contribution in [0.1, 0.15) is 13.3 Å². The highest BCUT2D eigenvalue weighted by molar-refractivity contribution is 5.70. The van der Waals surface area contributed by atoms with E-state index in [1.165, 1.54) is 6.92 Å². The van der Waals surface area contributed by atoms with Gasteiger partial charge in [0.25, 0.3) is 0 Å². The second-order valence-electron chi connectivity index (χ2n) is 3.25. The van der Waals surface area contributed by atoms with Crippen LogP contribution in [0.4, 0.5) is 4.79 Å². The molecule has 0 heterocycles. The molecule has 0 aliphatic rings. The lowest BCUT2D eigenvalue weighted by molar-refractivity contribution is -0.160. The van der Waals surface area contributed by atoms with E-state index >= 15 is 0 Å². The molecule has 2 unspecified atom stereocenters. The molecule has 0 aliphatic heterocycles. The van der Waals surface area contributed by atoms with Crippen LogP contribution in [0, 0.1) is 0 Å². The number of amides is 1. The predicted molar refractivity (Wildman–Crippen MR) is 55.2 cm³/mol. The zero-order valence-electron chi connectivity index (χ0n) is 9.46. The van der Waals surface area contributed by atoms with E-state index in [-0.39, 0.29) is 19.6 Å². The summed E-state index contributed by atoms with van der Waals surface area (Å²) in [5, 5.41) is 28.3. The maximum absolute atomic E-state index is 10.9. The molecule has 4 N–H and O–H groups in total. The molecule has 17 heavy (non-hydrogen) atoms. The largest absolute Gasteiger partial charge is 0.481 e. The summed E-state index contributed by atoms with van der Waals surface area (Å²) in [7, 11) is 0. The van der Waals surface area contributed by atoms with Crippen molar-refractivity contribution in [3.8, 4) is 0 Å². The molecule has 0 aromatic heterocycles. The van der Waals surface area contributed by atoms with Crippen molar-refractivity contribution in [2.24, 2.45) is 0 Å². The van der Waals surface area contributed by atoms with E-state index in [0.717, 1.165) is 0 Å². The molecule has 0 fully saturated rings. The molecule has 0 saturated heterocycles. The Kier molecular flexibility index (Phi) is 8.03. The maximum Gasteiger partial charge on any atom is 0.407 e. The van der Waals surface area contributed by atoms with Crippen LogP contribution in [-0.2, 0) is 14.3 Å². The molecule has 0 radical (unpaired) electrons. The molecule has 8 nitrogen and oxygen atoms in total. The third-order valence-electron chi connectivity index (χ3n) is 1.61. The van der Waals surface area contributed by atoms with Crippen molar-refractivity contribution in [3.63, 3.8) is 0 Å². The fourth-order valence-corrected chi connectivity index (χ4v) is 0.820. The van der Waals surface area contributed by atoms with Crippen molar-refractivity contribution in [1.29, 1.82) is 0 Å². The lowest BCUT2D eigenvalue weighted by Crippen LogP contribution is -2.32. The maximum atomic E-state index is 10.9. The van der Waals surface area contributed by atoms with Gasteiger partial charge in [-0.25, -0.2) is 4.79 Å². The number of ether oxygens (including phenoxy) is 2. The Labute approximate surface area is 98.1 Å². The molecule has 0 aromatic carbocycles. The Morgan fingerprint density at radius 1 is 1.41 bits per heavy atom. The first-order valence-electron chi connectivity index (χ1n) is 5.02. The van der Waals surface area contributed by atoms with Crippen LogP contribution in [0.25, 0.3) is 0 Å². The number of hydrogen-bond acceptors (Lipinski definition) is 6. The molecule has 0 saturated carbocycles. The Hall–Kier alpha value is -1.38. The van der Waals surface area contributed by atoms with Gasteiger partial charge in [0, 0.05) is 6.54 Å². The van der Waals surface area contributed by atoms with Crippen molar-refractivity contribution in [1.82, 2.24) is 5.32 Å². The van der Waals surface area contributed by atoms with E-state index in [2.05, 4.69) is 10.1 Å². The second-order valence-corrected chi connectivity index (χ2v) is 3.25. The molecular formula is C9H17NO7. The number of carboxylic acids is 1. The topological polar surface area (TPSA) is 125 Å². The summed E-state index contributed by atoms with van der Waals surface area (Å²) >= 11 is 0. The van der Waals surface area contributed by atoms with Gasteiger partial charge in [-0.2, -0.15) is 0 Å². The van der Waals surface area contributed by atoms with E-state index in [0.29, 0.717) is 0 Å². The van der Waals surface area contributed by atoms with Gasteiger partial charge in [0.15, 0.2) is 6.29 Å². The standard InChI is InChI=1S/C9H17NO7/c1-6(4-11)17-8(14)5-16-9(15)10-3-2-7(12)13/h6,8,11,14H,2-5H2,1H3,(H,10,15)(H,12,13). The summed E-state index contributed by atoms with van der Waals surface area (Å²) in [4.78, 5) is 21.1. The van der Waals surface area contributed by atoms with Crippen LogP contribution in [0.15, 0.2) is 0 Å². The highest BCUT2D eigenvalue weighted by Gasteiger charge is 2.12. The molecule has 8 heteroatoms. The van der Waals surface area contributed by atoms with Gasteiger partial charge in [-0.05, 0) is 6.92 Å². The fraction of sp³-hybridized carbons (Fsp3) is 0.778. The fourth-order valence-electron chi connectivity index (χ4n) is 0.820. The van der Waals surface area contributed by atoms with Gasteiger partial charge >= 0.3 is 12.1 Å². The van der Waals surface area contributed by atoms with Gasteiger partial charge in [0.2, 0.25) is 0 Å². The smallest absolute Gasteiger partial charge is 0.407 e. The molecule has 1 amide bonds. The zero-order chi connectivity index (χ0) is 13.3. The van der Waals surface area contributed by atoms with E-state index in [1.807, 2.05) is 0 Å². The van der Waals surface area contributed by atoms with E-state index in [1.54, 1.807) is 0 Å². The summed E-state index contributed by atoms with van der Waals surface area (Å²) in [5.74, 6) is -1.04. The van der Waals surface area contributed by atoms with E-state index < -0.39 is 31.1 Å². The van der Waals surface area contributed by atoms with Crippen LogP contribution in [-0.4, -0.2) is 59.5 Å². The number of carboxylic acid groups (broad SMARTS) is 1. The average molecular weight is 251 g/mol. The summed E-state index contributed by atoms with van der Waals surface area (Å²) in [6, 6.07) is 0. The summed E-state index contributed by atoms with van der Waals surface area (Å²) in [6.07, 6.45) is -2.95. The first-order chi connectivity index (χ1) is 7.95. The van der Waals surface area contributed by atoms with Crippen molar-refractivity contribution >= 4 is 12.1 Å². The Balaban J connectivity index is 3.58. The van der Waals surface area contributed by atoms with E-state index in [4.69, 9.17) is 14.9 Å². The van der Waals surface area contributed by atoms with Crippen LogP contribution >= 0.6 is 0 Å². The minimum absolute atomic E-state index is 0.0574. The Morgan fingerprint density at radius 2 is 2.06 bits per heavy atom. The average Bonchev–Trinajstić information content (AvgIpc) is 2.25. The normalized spacial score (nSPS) is 13.8. The van der Waals surface area contributed by atoms with Crippen LogP contribution in [0.5, 0.6) is 0 Å². The van der Waals surface area contributed by atoms with Crippen LogP contribution in [0.2, 0.25) is 0 Å². The number of aliphatic hydroxyl groups is 2. The molecule has 0 aliphatic carbocycles. The number of carbonyl (C=O) groups excluding carboxylic acids is 1. The molecule has 100 valence electrons. The van der Waals surface area contributed by atoms with Crippen molar-refractivity contribution < 1.29 is 34.4 Å². The number of carbonyl (C=O) groups is 2. The molecule has 2 atom stereocenters. The molecule has 0 aromatic rings. The van der Waals surface area contributed by atoms with Crippen LogP contribution < -0.4 is 5.32 Å². The Bertz CT molecular complexity index is 245. The van der Waals surface area contributed by atoms with Crippen molar-refractivity contribution in [3.05, 3.63) is 0 Å². The third kappa shape index (κ3) is 9.54. The molecule has 0 spiro atoms. The van der Waals surface area contributed by atoms with Crippen molar-refractivity contribution in [2.45, 2.75) is 25.7 Å². The summed E-state index contributed by atoms with van der Waals surface area (Å²) in [6.45, 7) is 0.819. The highest BCUT2D eigenvalue weighted by atomic mass is 16.6.